The number of piperidine rings is 1. The van der Waals surface area contributed by atoms with Gasteiger partial charge in [-0.15, -0.1) is 0 Å². The number of nitrogens with zero attached hydrogens (tertiary/aromatic N) is 4. The topological polar surface area (TPSA) is 75.6 Å². The van der Waals surface area contributed by atoms with Crippen LogP contribution in [0.25, 0.3) is 0 Å². The maximum Gasteiger partial charge on any atom is 0.243 e. The number of rotatable bonds is 5. The Morgan fingerprint density at radius 2 is 1.74 bits per heavy atom. The zero-order valence-corrected chi connectivity index (χ0v) is 20.3. The third kappa shape index (κ3) is 4.96. The molecule has 5 rings (SSSR count). The molecule has 1 saturated heterocycles. The molecule has 0 N–H and O–H groups in total. The van der Waals surface area contributed by atoms with Crippen LogP contribution in [0.2, 0.25) is 5.02 Å². The van der Waals surface area contributed by atoms with E-state index in [0.717, 1.165) is 44.5 Å². The van der Waals surface area contributed by atoms with Gasteiger partial charge in [-0.2, -0.15) is 9.29 Å². The van der Waals surface area contributed by atoms with Crippen molar-refractivity contribution in [3.8, 4) is 11.6 Å². The van der Waals surface area contributed by atoms with Crippen molar-refractivity contribution >= 4 is 27.6 Å². The van der Waals surface area contributed by atoms with Crippen molar-refractivity contribution in [1.29, 1.82) is 0 Å². The van der Waals surface area contributed by atoms with Gasteiger partial charge in [0.15, 0.2) is 11.6 Å². The summed E-state index contributed by atoms with van der Waals surface area (Å²) in [6.07, 6.45) is 3.53. The van der Waals surface area contributed by atoms with E-state index in [-0.39, 0.29) is 29.6 Å². The van der Waals surface area contributed by atoms with E-state index in [1.54, 1.807) is 12.1 Å². The van der Waals surface area contributed by atoms with Crippen LogP contribution in [-0.2, 0) is 23.0 Å². The van der Waals surface area contributed by atoms with Crippen LogP contribution in [0.4, 0.5) is 14.7 Å². The molecule has 1 fully saturated rings. The lowest BCUT2D eigenvalue weighted by molar-refractivity contribution is 0.368. The van der Waals surface area contributed by atoms with E-state index >= 15 is 0 Å². The number of aromatic nitrogens is 2. The molecule has 0 saturated carbocycles. The molecule has 0 bridgehead atoms. The molecule has 0 unspecified atom stereocenters. The molecule has 0 spiro atoms. The number of ether oxygens (including phenoxy) is 1. The van der Waals surface area contributed by atoms with Gasteiger partial charge < -0.3 is 9.64 Å². The van der Waals surface area contributed by atoms with Gasteiger partial charge in [-0.05, 0) is 49.6 Å². The zero-order chi connectivity index (χ0) is 24.6. The van der Waals surface area contributed by atoms with Gasteiger partial charge in [-0.1, -0.05) is 17.7 Å². The second-order valence-corrected chi connectivity index (χ2v) is 10.9. The number of fused-ring (bicyclic) bond motifs is 1. The summed E-state index contributed by atoms with van der Waals surface area (Å²) >= 11 is 6.02. The molecular weight excluding hydrogens is 498 g/mol. The fourth-order valence-corrected chi connectivity index (χ4v) is 6.01. The van der Waals surface area contributed by atoms with Gasteiger partial charge in [-0.25, -0.2) is 22.2 Å². The first-order valence-electron chi connectivity index (χ1n) is 11.3. The maximum absolute atomic E-state index is 13.8. The highest BCUT2D eigenvalue weighted by atomic mass is 35.5. The maximum atomic E-state index is 13.8. The third-order valence-corrected chi connectivity index (χ3v) is 8.23. The van der Waals surface area contributed by atoms with Crippen LogP contribution >= 0.6 is 11.6 Å². The van der Waals surface area contributed by atoms with E-state index in [4.69, 9.17) is 21.3 Å². The van der Waals surface area contributed by atoms with Crippen LogP contribution in [0.15, 0.2) is 47.4 Å². The highest BCUT2D eigenvalue weighted by Gasteiger charge is 2.33. The fourth-order valence-electron chi connectivity index (χ4n) is 4.30. The molecule has 2 aliphatic rings. The Kier molecular flexibility index (Phi) is 6.61. The third-order valence-electron chi connectivity index (χ3n) is 6.15. The minimum absolute atomic E-state index is 0.0243. The summed E-state index contributed by atoms with van der Waals surface area (Å²) in [5.74, 6) is -1.36. The number of benzene rings is 2. The van der Waals surface area contributed by atoms with Gasteiger partial charge in [-0.3, -0.25) is 0 Å². The molecule has 184 valence electrons. The Morgan fingerprint density at radius 1 is 0.943 bits per heavy atom. The van der Waals surface area contributed by atoms with Crippen LogP contribution in [0.1, 0.15) is 30.5 Å². The molecule has 3 heterocycles. The van der Waals surface area contributed by atoms with E-state index in [2.05, 4.69) is 9.88 Å². The predicted octanol–water partition coefficient (Wildman–Crippen LogP) is 4.94. The van der Waals surface area contributed by atoms with Gasteiger partial charge in [0.1, 0.15) is 5.75 Å². The van der Waals surface area contributed by atoms with Crippen molar-refractivity contribution in [3.63, 3.8) is 0 Å². The first-order valence-corrected chi connectivity index (χ1v) is 13.2. The summed E-state index contributed by atoms with van der Waals surface area (Å²) in [4.78, 5) is 11.5. The van der Waals surface area contributed by atoms with Crippen molar-refractivity contribution in [3.05, 3.63) is 70.4 Å². The lowest BCUT2D eigenvalue weighted by Gasteiger charge is -2.31. The number of halogens is 3. The normalized spacial score (nSPS) is 16.7. The highest BCUT2D eigenvalue weighted by molar-refractivity contribution is 7.89. The van der Waals surface area contributed by atoms with Crippen LogP contribution in [-0.4, -0.2) is 42.3 Å². The molecule has 2 aliphatic heterocycles. The van der Waals surface area contributed by atoms with Crippen LogP contribution < -0.4 is 9.64 Å². The Balaban J connectivity index is 1.53. The van der Waals surface area contributed by atoms with Gasteiger partial charge in [0.2, 0.25) is 21.9 Å². The fraction of sp³-hybridized carbons (Fsp3) is 0.333. The Labute approximate surface area is 207 Å². The molecule has 0 atom stereocenters. The lowest BCUT2D eigenvalue weighted by Crippen LogP contribution is -2.37. The van der Waals surface area contributed by atoms with Crippen molar-refractivity contribution in [1.82, 2.24) is 14.3 Å². The van der Waals surface area contributed by atoms with E-state index in [0.29, 0.717) is 28.6 Å². The number of hydrogen-bond donors (Lipinski definition) is 0. The van der Waals surface area contributed by atoms with Crippen LogP contribution in [0.5, 0.6) is 11.6 Å². The first kappa shape index (κ1) is 23.9. The quantitative estimate of drug-likeness (QED) is 0.474. The smallest absolute Gasteiger partial charge is 0.243 e. The second kappa shape index (κ2) is 9.67. The van der Waals surface area contributed by atoms with E-state index in [1.165, 1.54) is 22.5 Å². The minimum atomic E-state index is -3.84. The Bertz CT molecular complexity index is 1370. The number of sulfonamides is 1. The summed E-state index contributed by atoms with van der Waals surface area (Å²) in [7, 11) is -3.84. The molecule has 0 aliphatic carbocycles. The average Bonchev–Trinajstić information content (AvgIpc) is 2.86. The van der Waals surface area contributed by atoms with Crippen molar-refractivity contribution in [2.24, 2.45) is 0 Å². The van der Waals surface area contributed by atoms with Gasteiger partial charge in [0.25, 0.3) is 0 Å². The number of hydrogen-bond acceptors (Lipinski definition) is 6. The van der Waals surface area contributed by atoms with Crippen LogP contribution in [0, 0.1) is 11.6 Å². The minimum Gasteiger partial charge on any atom is -0.438 e. The number of anilines is 1. The van der Waals surface area contributed by atoms with Gasteiger partial charge >= 0.3 is 0 Å². The Hall–Kier alpha value is -2.82. The second-order valence-electron chi connectivity index (χ2n) is 8.53. The van der Waals surface area contributed by atoms with Crippen LogP contribution in [0.3, 0.4) is 0 Å². The molecule has 1 aromatic heterocycles. The summed E-state index contributed by atoms with van der Waals surface area (Å²) in [5.41, 5.74) is 1.17. The largest absolute Gasteiger partial charge is 0.438 e. The van der Waals surface area contributed by atoms with Crippen molar-refractivity contribution in [2.45, 2.75) is 37.1 Å². The van der Waals surface area contributed by atoms with E-state index in [1.807, 2.05) is 0 Å². The summed E-state index contributed by atoms with van der Waals surface area (Å²) in [5, 5.41) is 0.320. The first-order chi connectivity index (χ1) is 16.8. The molecule has 0 amide bonds. The summed E-state index contributed by atoms with van der Waals surface area (Å²) < 4.78 is 61.1. The molecule has 0 radical (unpaired) electrons. The molecule has 7 nitrogen and oxygen atoms in total. The molecule has 3 aromatic rings. The predicted molar refractivity (Wildman–Crippen MR) is 127 cm³/mol. The zero-order valence-electron chi connectivity index (χ0n) is 18.8. The molecule has 35 heavy (non-hydrogen) atoms. The average molecular weight is 521 g/mol. The van der Waals surface area contributed by atoms with E-state index in [9.17, 15) is 17.2 Å². The van der Waals surface area contributed by atoms with Crippen molar-refractivity contribution in [2.75, 3.05) is 24.5 Å². The standard InChI is InChI=1S/C24H23ClF2N4O3S/c25-16-5-4-6-18(13-16)35(32,33)31-12-9-22-19(15-31)23(34-17-7-8-20(26)21(27)14-17)29-24(28-22)30-10-2-1-3-11-30/h4-8,13-14H,1-3,9-12,15H2. The van der Waals surface area contributed by atoms with Gasteiger partial charge in [0.05, 0.1) is 16.2 Å². The lowest BCUT2D eigenvalue weighted by atomic mass is 10.1. The molecular formula is C24H23ClF2N4O3S. The highest BCUT2D eigenvalue weighted by Crippen LogP contribution is 2.34. The molecule has 2 aromatic carbocycles. The van der Waals surface area contributed by atoms with E-state index < -0.39 is 21.7 Å². The summed E-state index contributed by atoms with van der Waals surface area (Å²) in [6, 6.07) is 9.30. The van der Waals surface area contributed by atoms with Gasteiger partial charge in [0, 0.05) is 43.7 Å². The monoisotopic (exact) mass is 520 g/mol. The SMILES string of the molecule is O=S(=O)(c1cccc(Cl)c1)N1CCc2nc(N3CCCCC3)nc(Oc3ccc(F)c(F)c3)c2C1. The summed E-state index contributed by atoms with van der Waals surface area (Å²) in [6.45, 7) is 1.81. The Morgan fingerprint density at radius 3 is 2.49 bits per heavy atom. The van der Waals surface area contributed by atoms with Crippen molar-refractivity contribution < 1.29 is 21.9 Å². The molecule has 11 heteroatoms.